The summed E-state index contributed by atoms with van der Waals surface area (Å²) >= 11 is 0. The molecule has 156 valence electrons. The van der Waals surface area contributed by atoms with Gasteiger partial charge in [0.1, 0.15) is 17.5 Å². The Morgan fingerprint density at radius 2 is 1.77 bits per heavy atom. The maximum absolute atomic E-state index is 13.1. The number of halogens is 1. The molecule has 1 aliphatic heterocycles. The number of anilines is 1. The van der Waals surface area contributed by atoms with Gasteiger partial charge in [0.05, 0.1) is 29.7 Å². The van der Waals surface area contributed by atoms with E-state index < -0.39 is 0 Å². The zero-order valence-corrected chi connectivity index (χ0v) is 16.7. The Morgan fingerprint density at radius 1 is 1.03 bits per heavy atom. The van der Waals surface area contributed by atoms with E-state index in [4.69, 9.17) is 5.73 Å². The van der Waals surface area contributed by atoms with E-state index in [-0.39, 0.29) is 11.4 Å². The lowest BCUT2D eigenvalue weighted by Crippen LogP contribution is -2.35. The first kappa shape index (κ1) is 19.2. The molecule has 0 atom stereocenters. The number of fused-ring (bicyclic) bond motifs is 1. The van der Waals surface area contributed by atoms with Gasteiger partial charge in [-0.15, -0.1) is 0 Å². The van der Waals surface area contributed by atoms with Crippen molar-refractivity contribution in [2.45, 2.75) is 19.5 Å². The molecule has 5 rings (SSSR count). The third kappa shape index (κ3) is 3.97. The Labute approximate surface area is 177 Å². The summed E-state index contributed by atoms with van der Waals surface area (Å²) in [7, 11) is 0. The van der Waals surface area contributed by atoms with Gasteiger partial charge in [0, 0.05) is 30.8 Å². The number of nitrogen functional groups attached to an aromatic ring is 1. The zero-order valence-electron chi connectivity index (χ0n) is 16.7. The van der Waals surface area contributed by atoms with Crippen LogP contribution < -0.4 is 11.3 Å². The van der Waals surface area contributed by atoms with Gasteiger partial charge in [0.25, 0.3) is 5.56 Å². The lowest BCUT2D eigenvalue weighted by molar-refractivity contribution is 0.236. The molecule has 4 aromatic rings. The van der Waals surface area contributed by atoms with Crippen LogP contribution in [-0.2, 0) is 19.5 Å². The van der Waals surface area contributed by atoms with Crippen LogP contribution in [0.3, 0.4) is 0 Å². The van der Waals surface area contributed by atoms with E-state index in [1.165, 1.54) is 12.1 Å². The molecular weight excluding hydrogens is 395 g/mol. The number of aromatic nitrogens is 4. The van der Waals surface area contributed by atoms with Crippen molar-refractivity contribution in [1.82, 2.24) is 24.8 Å². The quantitative estimate of drug-likeness (QED) is 0.444. The molecule has 31 heavy (non-hydrogen) atoms. The first-order valence-corrected chi connectivity index (χ1v) is 10.1. The monoisotopic (exact) mass is 416 g/mol. The molecule has 0 saturated carbocycles. The van der Waals surface area contributed by atoms with Gasteiger partial charge in [-0.3, -0.25) is 9.69 Å². The summed E-state index contributed by atoms with van der Waals surface area (Å²) in [4.78, 5) is 30.2. The van der Waals surface area contributed by atoms with Crippen molar-refractivity contribution in [1.29, 1.82) is 0 Å². The van der Waals surface area contributed by atoms with Crippen molar-refractivity contribution in [3.8, 4) is 22.6 Å². The molecule has 0 fully saturated rings. The summed E-state index contributed by atoms with van der Waals surface area (Å²) in [5, 5.41) is 0. The SMILES string of the molecule is Nc1ccc(-c2nc3c(c(=O)[nH]2)CN(Cc2ncc(-c4ccc(F)cc4)[nH]2)CC3)cc1. The first-order chi connectivity index (χ1) is 15.0. The molecule has 0 radical (unpaired) electrons. The number of hydrogen-bond acceptors (Lipinski definition) is 5. The number of benzene rings is 2. The highest BCUT2D eigenvalue weighted by Gasteiger charge is 2.22. The van der Waals surface area contributed by atoms with Crippen LogP contribution in [0.1, 0.15) is 17.1 Å². The van der Waals surface area contributed by atoms with Crippen LogP contribution in [0.25, 0.3) is 22.6 Å². The number of imidazole rings is 1. The van der Waals surface area contributed by atoms with Crippen molar-refractivity contribution < 1.29 is 4.39 Å². The van der Waals surface area contributed by atoms with Gasteiger partial charge in [0.2, 0.25) is 0 Å². The van der Waals surface area contributed by atoms with Crippen molar-refractivity contribution in [2.75, 3.05) is 12.3 Å². The number of nitrogens with zero attached hydrogens (tertiary/aromatic N) is 3. The summed E-state index contributed by atoms with van der Waals surface area (Å²) in [5.41, 5.74) is 10.4. The summed E-state index contributed by atoms with van der Waals surface area (Å²) in [5.74, 6) is 1.09. The normalized spacial score (nSPS) is 13.8. The topological polar surface area (TPSA) is 104 Å². The number of hydrogen-bond donors (Lipinski definition) is 3. The van der Waals surface area contributed by atoms with Crippen LogP contribution in [0.5, 0.6) is 0 Å². The van der Waals surface area contributed by atoms with Gasteiger partial charge in [-0.1, -0.05) is 0 Å². The largest absolute Gasteiger partial charge is 0.399 e. The van der Waals surface area contributed by atoms with Crippen LogP contribution in [0.15, 0.2) is 59.5 Å². The molecule has 2 aromatic heterocycles. The molecule has 0 unspecified atom stereocenters. The van der Waals surface area contributed by atoms with Crippen LogP contribution >= 0.6 is 0 Å². The Kier molecular flexibility index (Phi) is 4.83. The average Bonchev–Trinajstić information content (AvgIpc) is 3.23. The molecule has 0 saturated heterocycles. The molecule has 0 aliphatic carbocycles. The summed E-state index contributed by atoms with van der Waals surface area (Å²) in [6, 6.07) is 13.6. The Bertz CT molecular complexity index is 1280. The van der Waals surface area contributed by atoms with E-state index in [9.17, 15) is 9.18 Å². The van der Waals surface area contributed by atoms with E-state index in [0.29, 0.717) is 36.6 Å². The minimum absolute atomic E-state index is 0.118. The molecule has 4 N–H and O–H groups in total. The van der Waals surface area contributed by atoms with Crippen molar-refractivity contribution in [3.63, 3.8) is 0 Å². The third-order valence-corrected chi connectivity index (χ3v) is 5.49. The molecule has 0 amide bonds. The van der Waals surface area contributed by atoms with Crippen LogP contribution in [0.4, 0.5) is 10.1 Å². The second-order valence-corrected chi connectivity index (χ2v) is 7.67. The maximum Gasteiger partial charge on any atom is 0.255 e. The van der Waals surface area contributed by atoms with Crippen molar-refractivity contribution in [3.05, 3.63) is 88.0 Å². The van der Waals surface area contributed by atoms with Gasteiger partial charge in [-0.05, 0) is 54.1 Å². The number of aromatic amines is 2. The third-order valence-electron chi connectivity index (χ3n) is 5.49. The average molecular weight is 416 g/mol. The number of rotatable bonds is 4. The molecule has 0 bridgehead atoms. The zero-order chi connectivity index (χ0) is 21.4. The van der Waals surface area contributed by atoms with Crippen molar-refractivity contribution in [2.24, 2.45) is 0 Å². The predicted molar refractivity (Wildman–Crippen MR) is 117 cm³/mol. The minimum Gasteiger partial charge on any atom is -0.399 e. The molecule has 0 spiro atoms. The van der Waals surface area contributed by atoms with E-state index in [2.05, 4.69) is 24.8 Å². The minimum atomic E-state index is -0.270. The summed E-state index contributed by atoms with van der Waals surface area (Å²) in [6.07, 6.45) is 2.43. The molecule has 3 heterocycles. The lowest BCUT2D eigenvalue weighted by Gasteiger charge is -2.26. The van der Waals surface area contributed by atoms with E-state index in [1.807, 2.05) is 12.1 Å². The second-order valence-electron chi connectivity index (χ2n) is 7.67. The van der Waals surface area contributed by atoms with E-state index in [0.717, 1.165) is 34.9 Å². The van der Waals surface area contributed by atoms with Crippen molar-refractivity contribution >= 4 is 5.69 Å². The van der Waals surface area contributed by atoms with Gasteiger partial charge in [-0.25, -0.2) is 14.4 Å². The lowest BCUT2D eigenvalue weighted by atomic mass is 10.1. The Morgan fingerprint density at radius 3 is 2.55 bits per heavy atom. The smallest absolute Gasteiger partial charge is 0.255 e. The standard InChI is InChI=1S/C23H21FN6O/c24-16-5-1-14(2-6-16)20-11-26-21(27-20)13-30-10-9-19-18(12-30)23(31)29-22(28-19)15-3-7-17(25)8-4-15/h1-8,11H,9-10,12-13,25H2,(H,26,27)(H,28,29,31). The number of H-pyrrole nitrogens is 2. The van der Waals surface area contributed by atoms with Crippen LogP contribution in [-0.4, -0.2) is 31.4 Å². The molecule has 8 heteroatoms. The fourth-order valence-electron chi connectivity index (χ4n) is 3.82. The van der Waals surface area contributed by atoms with Crippen LogP contribution in [0, 0.1) is 5.82 Å². The number of nitrogens with one attached hydrogen (secondary N) is 2. The van der Waals surface area contributed by atoms with Gasteiger partial charge >= 0.3 is 0 Å². The Balaban J connectivity index is 1.32. The van der Waals surface area contributed by atoms with Gasteiger partial charge < -0.3 is 15.7 Å². The summed E-state index contributed by atoms with van der Waals surface area (Å²) < 4.78 is 13.1. The van der Waals surface area contributed by atoms with E-state index in [1.54, 1.807) is 30.5 Å². The molecule has 2 aromatic carbocycles. The highest BCUT2D eigenvalue weighted by Crippen LogP contribution is 2.22. The Hall–Kier alpha value is -3.78. The first-order valence-electron chi connectivity index (χ1n) is 10.1. The van der Waals surface area contributed by atoms with E-state index >= 15 is 0 Å². The van der Waals surface area contributed by atoms with Gasteiger partial charge in [0.15, 0.2) is 0 Å². The molecule has 7 nitrogen and oxygen atoms in total. The molecular formula is C23H21FN6O. The second kappa shape index (κ2) is 7.81. The fraction of sp³-hybridized carbons (Fsp3) is 0.174. The fourth-order valence-corrected chi connectivity index (χ4v) is 3.82. The summed E-state index contributed by atoms with van der Waals surface area (Å²) in [6.45, 7) is 1.86. The number of nitrogens with two attached hydrogens (primary N) is 1. The van der Waals surface area contributed by atoms with Gasteiger partial charge in [-0.2, -0.15) is 0 Å². The highest BCUT2D eigenvalue weighted by atomic mass is 19.1. The molecule has 1 aliphatic rings. The predicted octanol–water partition coefficient (Wildman–Crippen LogP) is 3.11. The maximum atomic E-state index is 13.1. The highest BCUT2D eigenvalue weighted by molar-refractivity contribution is 5.59. The van der Waals surface area contributed by atoms with Crippen LogP contribution in [0.2, 0.25) is 0 Å².